The third-order valence-corrected chi connectivity index (χ3v) is 6.98. The average Bonchev–Trinajstić information content (AvgIpc) is 3.01. The van der Waals surface area contributed by atoms with Crippen LogP contribution in [0.4, 0.5) is 0 Å². The zero-order chi connectivity index (χ0) is 31.8. The molecule has 0 aliphatic carbocycles. The molecule has 10 heteroatoms. The highest BCUT2D eigenvalue weighted by molar-refractivity contribution is 7.16. The van der Waals surface area contributed by atoms with Crippen molar-refractivity contribution in [3.8, 4) is 11.5 Å². The lowest BCUT2D eigenvalue weighted by molar-refractivity contribution is -0.139. The van der Waals surface area contributed by atoms with Crippen molar-refractivity contribution in [1.29, 1.82) is 0 Å². The third kappa shape index (κ3) is 16.9. The van der Waals surface area contributed by atoms with Gasteiger partial charge in [0.15, 0.2) is 0 Å². The molecule has 0 aliphatic rings. The fourth-order valence-electron chi connectivity index (χ4n) is 4.22. The van der Waals surface area contributed by atoms with Gasteiger partial charge in [0.25, 0.3) is 0 Å². The van der Waals surface area contributed by atoms with Crippen molar-refractivity contribution in [3.05, 3.63) is 60.7 Å². The molecule has 240 valence electrons. The second-order valence-electron chi connectivity index (χ2n) is 10.3. The van der Waals surface area contributed by atoms with E-state index in [-0.39, 0.29) is 24.7 Å². The number of carbonyl (C=O) groups is 4. The first kappa shape index (κ1) is 36.6. The molecule has 0 saturated carbocycles. The highest BCUT2D eigenvalue weighted by Crippen LogP contribution is 2.25. The molecule has 1 atom stereocenters. The van der Waals surface area contributed by atoms with Gasteiger partial charge >= 0.3 is 23.9 Å². The zero-order valence-corrected chi connectivity index (χ0v) is 26.5. The van der Waals surface area contributed by atoms with E-state index in [1.165, 1.54) is 19.3 Å². The Hall–Kier alpha value is -3.55. The maximum atomic E-state index is 12.1. The summed E-state index contributed by atoms with van der Waals surface area (Å²) in [5, 5.41) is 10.2. The van der Waals surface area contributed by atoms with E-state index in [9.17, 15) is 19.2 Å². The molecule has 0 radical (unpaired) electrons. The zero-order valence-electron chi connectivity index (χ0n) is 25.4. The molecule has 2 aromatic rings. The van der Waals surface area contributed by atoms with E-state index in [0.717, 1.165) is 99.0 Å². The summed E-state index contributed by atoms with van der Waals surface area (Å²) < 4.78 is 20.8. The molecule has 0 fully saturated rings. The Bertz CT molecular complexity index is 1140. The van der Waals surface area contributed by atoms with Crippen LogP contribution in [0.2, 0.25) is 0 Å². The number of ether oxygens (including phenoxy) is 4. The maximum absolute atomic E-state index is 12.1. The van der Waals surface area contributed by atoms with Crippen molar-refractivity contribution in [3.63, 3.8) is 0 Å². The lowest BCUT2D eigenvalue weighted by Gasteiger charge is -2.06. The van der Waals surface area contributed by atoms with Gasteiger partial charge in [-0.05, 0) is 66.9 Å². The van der Waals surface area contributed by atoms with Gasteiger partial charge in [0.2, 0.25) is 0 Å². The van der Waals surface area contributed by atoms with E-state index >= 15 is 0 Å². The summed E-state index contributed by atoms with van der Waals surface area (Å²) in [6.07, 6.45) is 17.3. The van der Waals surface area contributed by atoms with Crippen molar-refractivity contribution in [2.45, 2.75) is 77.0 Å². The Balaban J connectivity index is 1.70. The lowest BCUT2D eigenvalue weighted by Crippen LogP contribution is -2.07. The minimum absolute atomic E-state index is 0.215. The van der Waals surface area contributed by atoms with E-state index in [1.54, 1.807) is 36.4 Å². The molecule has 44 heavy (non-hydrogen) atoms. The summed E-state index contributed by atoms with van der Waals surface area (Å²) >= 11 is 0. The minimum atomic E-state index is -0.720. The van der Waals surface area contributed by atoms with Crippen LogP contribution in [0.1, 0.15) is 77.0 Å². The van der Waals surface area contributed by atoms with Crippen molar-refractivity contribution < 1.29 is 43.2 Å². The van der Waals surface area contributed by atoms with E-state index in [0.29, 0.717) is 6.61 Å². The molecule has 0 saturated heterocycles. The van der Waals surface area contributed by atoms with Crippen LogP contribution in [0.3, 0.4) is 0 Å². The van der Waals surface area contributed by atoms with Gasteiger partial charge in [-0.2, -0.15) is 0 Å². The SMILES string of the molecule is O=C(/C=C/C(=O)Oc1ccc2cc(OC(=O)/C=C/C(=O)OCCCCCCCCP)ccc2c1)OCCCCCCCCO. The van der Waals surface area contributed by atoms with E-state index < -0.39 is 23.9 Å². The highest BCUT2D eigenvalue weighted by Gasteiger charge is 2.07. The Morgan fingerprint density at radius 2 is 0.932 bits per heavy atom. The van der Waals surface area contributed by atoms with Crippen LogP contribution in [0.15, 0.2) is 60.7 Å². The van der Waals surface area contributed by atoms with E-state index in [2.05, 4.69) is 9.24 Å². The van der Waals surface area contributed by atoms with E-state index in [1.807, 2.05) is 0 Å². The van der Waals surface area contributed by atoms with Crippen LogP contribution in [-0.2, 0) is 28.7 Å². The molecule has 2 aromatic carbocycles. The Kier molecular flexibility index (Phi) is 19.1. The summed E-state index contributed by atoms with van der Waals surface area (Å²) in [7, 11) is 2.73. The Morgan fingerprint density at radius 3 is 1.36 bits per heavy atom. The van der Waals surface area contributed by atoms with Crippen LogP contribution < -0.4 is 9.47 Å². The molecular formula is C34H45O9P. The molecule has 1 N–H and O–H groups in total. The molecule has 0 amide bonds. The number of aliphatic hydroxyl groups excluding tert-OH is 1. The number of fused-ring (bicyclic) bond motifs is 1. The molecule has 0 bridgehead atoms. The van der Waals surface area contributed by atoms with Crippen LogP contribution in [0.5, 0.6) is 11.5 Å². The van der Waals surface area contributed by atoms with E-state index in [4.69, 9.17) is 24.1 Å². The minimum Gasteiger partial charge on any atom is -0.463 e. The first-order valence-electron chi connectivity index (χ1n) is 15.4. The number of unbranched alkanes of at least 4 members (excludes halogenated alkanes) is 10. The number of benzene rings is 2. The molecule has 2 rings (SSSR count). The maximum Gasteiger partial charge on any atom is 0.336 e. The molecule has 0 aromatic heterocycles. The van der Waals surface area contributed by atoms with Gasteiger partial charge in [-0.3, -0.25) is 0 Å². The first-order chi connectivity index (χ1) is 21.4. The van der Waals surface area contributed by atoms with Crippen LogP contribution in [0, 0.1) is 0 Å². The van der Waals surface area contributed by atoms with Gasteiger partial charge in [-0.15, -0.1) is 9.24 Å². The van der Waals surface area contributed by atoms with Crippen LogP contribution >= 0.6 is 9.24 Å². The number of hydrogen-bond donors (Lipinski definition) is 1. The average molecular weight is 629 g/mol. The number of hydrogen-bond acceptors (Lipinski definition) is 9. The number of esters is 4. The predicted molar refractivity (Wildman–Crippen MR) is 172 cm³/mol. The summed E-state index contributed by atoms with van der Waals surface area (Å²) in [5.74, 6) is -2.06. The van der Waals surface area contributed by atoms with Gasteiger partial charge in [-0.1, -0.05) is 63.5 Å². The monoisotopic (exact) mass is 628 g/mol. The fourth-order valence-corrected chi connectivity index (χ4v) is 4.51. The smallest absolute Gasteiger partial charge is 0.336 e. The molecule has 0 spiro atoms. The normalized spacial score (nSPS) is 11.2. The molecule has 0 heterocycles. The Labute approximate surface area is 262 Å². The Morgan fingerprint density at radius 1 is 0.545 bits per heavy atom. The molecule has 9 nitrogen and oxygen atoms in total. The van der Waals surface area contributed by atoms with Crippen LogP contribution in [0.25, 0.3) is 10.8 Å². The summed E-state index contributed by atoms with van der Waals surface area (Å²) in [4.78, 5) is 48.0. The van der Waals surface area contributed by atoms with Gasteiger partial charge in [0.1, 0.15) is 11.5 Å². The highest BCUT2D eigenvalue weighted by atomic mass is 31.0. The number of rotatable bonds is 22. The topological polar surface area (TPSA) is 125 Å². The van der Waals surface area contributed by atoms with Gasteiger partial charge < -0.3 is 24.1 Å². The molecule has 1 unspecified atom stereocenters. The van der Waals surface area contributed by atoms with Gasteiger partial charge in [-0.25, -0.2) is 19.2 Å². The van der Waals surface area contributed by atoms with Crippen molar-refractivity contribution >= 4 is 43.9 Å². The second-order valence-corrected chi connectivity index (χ2v) is 10.8. The third-order valence-electron chi connectivity index (χ3n) is 6.57. The van der Waals surface area contributed by atoms with Gasteiger partial charge in [0.05, 0.1) is 13.2 Å². The van der Waals surface area contributed by atoms with Crippen LogP contribution in [-0.4, -0.2) is 55.0 Å². The fraction of sp³-hybridized carbons (Fsp3) is 0.471. The summed E-state index contributed by atoms with van der Waals surface area (Å²) in [6, 6.07) is 9.86. The van der Waals surface area contributed by atoms with Crippen molar-refractivity contribution in [1.82, 2.24) is 0 Å². The molecular weight excluding hydrogens is 583 g/mol. The van der Waals surface area contributed by atoms with Crippen molar-refractivity contribution in [2.75, 3.05) is 26.0 Å². The quantitative estimate of drug-likeness (QED) is 0.0518. The molecule has 0 aliphatic heterocycles. The first-order valence-corrected chi connectivity index (χ1v) is 16.2. The second kappa shape index (κ2) is 22.9. The largest absolute Gasteiger partial charge is 0.463 e. The predicted octanol–water partition coefficient (Wildman–Crippen LogP) is 6.40. The number of aliphatic hydroxyl groups is 1. The number of carbonyl (C=O) groups excluding carboxylic acids is 4. The summed E-state index contributed by atoms with van der Waals surface area (Å²) in [6.45, 7) is 0.815. The summed E-state index contributed by atoms with van der Waals surface area (Å²) in [5.41, 5.74) is 0. The standard InChI is InChI=1S/C34H45O9P/c35-21-9-5-1-2-6-10-22-40-31(36)17-19-33(38)42-29-15-13-28-26-30(16-14-27(28)25-29)43-34(39)20-18-32(37)41-23-11-7-3-4-8-12-24-44/h13-20,25-26,35H,1-12,21-24,44H2/b19-17+,20-18+. The lowest BCUT2D eigenvalue weighted by atomic mass is 10.1. The van der Waals surface area contributed by atoms with Crippen molar-refractivity contribution in [2.24, 2.45) is 0 Å². The van der Waals surface area contributed by atoms with Gasteiger partial charge in [0, 0.05) is 30.9 Å².